The zero-order valence-electron chi connectivity index (χ0n) is 10.9. The van der Waals surface area contributed by atoms with Crippen molar-refractivity contribution in [3.63, 3.8) is 0 Å². The molecule has 0 aromatic heterocycles. The van der Waals surface area contributed by atoms with E-state index < -0.39 is 5.92 Å². The van der Waals surface area contributed by atoms with Crippen LogP contribution < -0.4 is 0 Å². The first-order chi connectivity index (χ1) is 8.50. The second-order valence-corrected chi connectivity index (χ2v) is 6.38. The highest BCUT2D eigenvalue weighted by Gasteiger charge is 2.37. The van der Waals surface area contributed by atoms with Gasteiger partial charge in [-0.2, -0.15) is 0 Å². The fraction of sp³-hybridized carbons (Fsp3) is 1.00. The standard InChI is InChI=1S/C13H22BrF2NO/c1-10-9-18-12(6-14)8-17(10)7-11-3-2-4-13(15,16)5-11/h10-12H,2-9H2,1H3. The minimum atomic E-state index is -2.44. The van der Waals surface area contributed by atoms with Crippen molar-refractivity contribution in [2.75, 3.05) is 25.0 Å². The fourth-order valence-corrected chi connectivity index (χ4v) is 3.38. The summed E-state index contributed by atoms with van der Waals surface area (Å²) in [6.07, 6.45) is 1.95. The van der Waals surface area contributed by atoms with Crippen LogP contribution in [-0.2, 0) is 4.74 Å². The number of hydrogen-bond donors (Lipinski definition) is 0. The second-order valence-electron chi connectivity index (χ2n) is 5.73. The van der Waals surface area contributed by atoms with Crippen LogP contribution in [0, 0.1) is 5.92 Å². The summed E-state index contributed by atoms with van der Waals surface area (Å²) >= 11 is 3.43. The van der Waals surface area contributed by atoms with Gasteiger partial charge in [-0.05, 0) is 25.7 Å². The molecule has 0 aromatic carbocycles. The molecule has 1 saturated heterocycles. The fourth-order valence-electron chi connectivity index (χ4n) is 2.99. The van der Waals surface area contributed by atoms with E-state index in [9.17, 15) is 8.78 Å². The summed E-state index contributed by atoms with van der Waals surface area (Å²) in [5.74, 6) is -2.29. The molecule has 2 fully saturated rings. The van der Waals surface area contributed by atoms with E-state index >= 15 is 0 Å². The Bertz CT molecular complexity index is 278. The third kappa shape index (κ3) is 3.87. The molecule has 0 bridgehead atoms. The van der Waals surface area contributed by atoms with Gasteiger partial charge in [-0.3, -0.25) is 4.90 Å². The van der Waals surface area contributed by atoms with Crippen LogP contribution in [0.4, 0.5) is 8.78 Å². The van der Waals surface area contributed by atoms with Gasteiger partial charge in [0, 0.05) is 37.3 Å². The summed E-state index contributed by atoms with van der Waals surface area (Å²) in [7, 11) is 0. The lowest BCUT2D eigenvalue weighted by Gasteiger charge is -2.40. The Morgan fingerprint density at radius 1 is 1.44 bits per heavy atom. The molecule has 1 heterocycles. The minimum absolute atomic E-state index is 0.0655. The maximum absolute atomic E-state index is 13.4. The molecule has 1 saturated carbocycles. The maximum Gasteiger partial charge on any atom is 0.248 e. The topological polar surface area (TPSA) is 12.5 Å². The Morgan fingerprint density at radius 2 is 2.22 bits per heavy atom. The number of rotatable bonds is 3. The highest BCUT2D eigenvalue weighted by atomic mass is 79.9. The van der Waals surface area contributed by atoms with Gasteiger partial charge in [0.05, 0.1) is 12.7 Å². The molecular weight excluding hydrogens is 304 g/mol. The van der Waals surface area contributed by atoms with Crippen molar-refractivity contribution >= 4 is 15.9 Å². The van der Waals surface area contributed by atoms with Gasteiger partial charge in [-0.1, -0.05) is 15.9 Å². The summed E-state index contributed by atoms with van der Waals surface area (Å²) < 4.78 is 32.5. The molecule has 5 heteroatoms. The van der Waals surface area contributed by atoms with Gasteiger partial charge in [-0.25, -0.2) is 8.78 Å². The van der Waals surface area contributed by atoms with Crippen LogP contribution in [0.25, 0.3) is 0 Å². The number of halogens is 3. The molecule has 18 heavy (non-hydrogen) atoms. The van der Waals surface area contributed by atoms with E-state index in [0.29, 0.717) is 19.1 Å². The SMILES string of the molecule is CC1COC(CBr)CN1CC1CCCC(F)(F)C1. The van der Waals surface area contributed by atoms with Crippen LogP contribution in [0.1, 0.15) is 32.6 Å². The monoisotopic (exact) mass is 325 g/mol. The zero-order chi connectivity index (χ0) is 13.2. The predicted octanol–water partition coefficient (Wildman–Crippen LogP) is 3.30. The molecular formula is C13H22BrF2NO. The first-order valence-electron chi connectivity index (χ1n) is 6.79. The molecule has 0 N–H and O–H groups in total. The van der Waals surface area contributed by atoms with E-state index in [1.165, 1.54) is 0 Å². The maximum atomic E-state index is 13.4. The van der Waals surface area contributed by atoms with Crippen molar-refractivity contribution in [2.45, 2.75) is 50.7 Å². The minimum Gasteiger partial charge on any atom is -0.374 e. The Morgan fingerprint density at radius 3 is 2.89 bits per heavy atom. The van der Waals surface area contributed by atoms with Gasteiger partial charge in [0.2, 0.25) is 5.92 Å². The third-order valence-corrected chi connectivity index (χ3v) is 4.76. The Balaban J connectivity index is 1.87. The predicted molar refractivity (Wildman–Crippen MR) is 71.5 cm³/mol. The van der Waals surface area contributed by atoms with Gasteiger partial charge in [0.15, 0.2) is 0 Å². The van der Waals surface area contributed by atoms with Crippen LogP contribution in [0.2, 0.25) is 0 Å². The van der Waals surface area contributed by atoms with Gasteiger partial charge in [-0.15, -0.1) is 0 Å². The van der Waals surface area contributed by atoms with Crippen LogP contribution in [-0.4, -0.2) is 48.0 Å². The largest absolute Gasteiger partial charge is 0.374 e. The van der Waals surface area contributed by atoms with E-state index in [4.69, 9.17) is 4.74 Å². The second kappa shape index (κ2) is 6.14. The van der Waals surface area contributed by atoms with E-state index in [-0.39, 0.29) is 24.9 Å². The molecule has 2 nitrogen and oxygen atoms in total. The highest BCUT2D eigenvalue weighted by Crippen LogP contribution is 2.37. The van der Waals surface area contributed by atoms with Crippen molar-refractivity contribution in [3.05, 3.63) is 0 Å². The van der Waals surface area contributed by atoms with E-state index in [2.05, 4.69) is 27.8 Å². The number of morpholine rings is 1. The lowest BCUT2D eigenvalue weighted by molar-refractivity contribution is -0.0791. The van der Waals surface area contributed by atoms with Crippen LogP contribution in [0.15, 0.2) is 0 Å². The quantitative estimate of drug-likeness (QED) is 0.738. The Kier molecular flexibility index (Phi) is 5.00. The molecule has 0 spiro atoms. The van der Waals surface area contributed by atoms with Crippen molar-refractivity contribution in [1.82, 2.24) is 4.90 Å². The molecule has 0 aromatic rings. The zero-order valence-corrected chi connectivity index (χ0v) is 12.5. The average Bonchev–Trinajstić information content (AvgIpc) is 2.31. The molecule has 3 atom stereocenters. The van der Waals surface area contributed by atoms with Crippen molar-refractivity contribution in [1.29, 1.82) is 0 Å². The Labute approximate surface area is 116 Å². The van der Waals surface area contributed by atoms with Crippen molar-refractivity contribution in [3.8, 4) is 0 Å². The van der Waals surface area contributed by atoms with Crippen LogP contribution in [0.5, 0.6) is 0 Å². The van der Waals surface area contributed by atoms with Gasteiger partial charge in [0.25, 0.3) is 0 Å². The van der Waals surface area contributed by atoms with E-state index in [1.54, 1.807) is 0 Å². The number of alkyl halides is 3. The average molecular weight is 326 g/mol. The first-order valence-corrected chi connectivity index (χ1v) is 7.92. The summed E-state index contributed by atoms with van der Waals surface area (Å²) in [6.45, 7) is 4.48. The van der Waals surface area contributed by atoms with E-state index in [1.807, 2.05) is 0 Å². The molecule has 106 valence electrons. The van der Waals surface area contributed by atoms with Gasteiger partial charge in [0.1, 0.15) is 0 Å². The Hall–Kier alpha value is 0.260. The summed E-state index contributed by atoms with van der Waals surface area (Å²) in [6, 6.07) is 0.343. The number of nitrogens with zero attached hydrogens (tertiary/aromatic N) is 1. The summed E-state index contributed by atoms with van der Waals surface area (Å²) in [4.78, 5) is 2.32. The number of hydrogen-bond acceptors (Lipinski definition) is 2. The molecule has 2 aliphatic rings. The van der Waals surface area contributed by atoms with E-state index in [0.717, 1.165) is 24.8 Å². The molecule has 1 aliphatic heterocycles. The molecule has 3 unspecified atom stereocenters. The summed E-state index contributed by atoms with van der Waals surface area (Å²) in [5, 5.41) is 0.817. The molecule has 0 amide bonds. The highest BCUT2D eigenvalue weighted by molar-refractivity contribution is 9.09. The number of ether oxygens (including phenoxy) is 1. The van der Waals surface area contributed by atoms with Crippen molar-refractivity contribution in [2.24, 2.45) is 5.92 Å². The van der Waals surface area contributed by atoms with Crippen LogP contribution in [0.3, 0.4) is 0 Å². The molecule has 1 aliphatic carbocycles. The van der Waals surface area contributed by atoms with Crippen LogP contribution >= 0.6 is 15.9 Å². The van der Waals surface area contributed by atoms with Gasteiger partial charge >= 0.3 is 0 Å². The molecule has 0 radical (unpaired) electrons. The van der Waals surface area contributed by atoms with Crippen molar-refractivity contribution < 1.29 is 13.5 Å². The lowest BCUT2D eigenvalue weighted by atomic mass is 9.86. The normalized spacial score (nSPS) is 37.7. The first kappa shape index (κ1) is 14.7. The lowest BCUT2D eigenvalue weighted by Crippen LogP contribution is -2.51. The van der Waals surface area contributed by atoms with Gasteiger partial charge < -0.3 is 4.74 Å². The molecule has 2 rings (SSSR count). The summed E-state index contributed by atoms with van der Waals surface area (Å²) in [5.41, 5.74) is 0. The smallest absolute Gasteiger partial charge is 0.248 e. The third-order valence-electron chi connectivity index (χ3n) is 4.04.